The number of nitrogens with one attached hydrogen (secondary N) is 1. The van der Waals surface area contributed by atoms with E-state index in [0.717, 1.165) is 0 Å². The lowest BCUT2D eigenvalue weighted by Crippen LogP contribution is -2.55. The van der Waals surface area contributed by atoms with Crippen molar-refractivity contribution in [3.8, 4) is 0 Å². The lowest BCUT2D eigenvalue weighted by Gasteiger charge is -2.36. The van der Waals surface area contributed by atoms with E-state index in [-0.39, 0.29) is 17.6 Å². The third kappa shape index (κ3) is 2.52. The first-order chi connectivity index (χ1) is 9.58. The van der Waals surface area contributed by atoms with Crippen LogP contribution in [0.1, 0.15) is 23.8 Å². The molecule has 7 heteroatoms. The molecule has 0 spiro atoms. The van der Waals surface area contributed by atoms with E-state index in [1.54, 1.807) is 6.07 Å². The van der Waals surface area contributed by atoms with Crippen LogP contribution < -0.4 is 16.0 Å². The van der Waals surface area contributed by atoms with Crippen LogP contribution in [-0.4, -0.2) is 43.1 Å². The van der Waals surface area contributed by atoms with Crippen LogP contribution in [0.3, 0.4) is 0 Å². The summed E-state index contributed by atoms with van der Waals surface area (Å²) in [5.74, 6) is -0.126. The highest BCUT2D eigenvalue weighted by Crippen LogP contribution is 2.25. The van der Waals surface area contributed by atoms with Crippen molar-refractivity contribution in [1.29, 1.82) is 0 Å². The van der Waals surface area contributed by atoms with E-state index in [9.17, 15) is 9.59 Å². The maximum Gasteiger partial charge on any atom is 0.356 e. The van der Waals surface area contributed by atoms with Gasteiger partial charge in [0.05, 0.1) is 12.8 Å². The van der Waals surface area contributed by atoms with E-state index >= 15 is 0 Å². The maximum absolute atomic E-state index is 11.9. The van der Waals surface area contributed by atoms with Gasteiger partial charge in [-0.3, -0.25) is 4.79 Å². The largest absolute Gasteiger partial charge is 0.464 e. The van der Waals surface area contributed by atoms with Crippen LogP contribution in [0.2, 0.25) is 0 Å². The van der Waals surface area contributed by atoms with Gasteiger partial charge in [-0.15, -0.1) is 0 Å². The molecule has 3 N–H and O–H groups in total. The molecule has 0 radical (unpaired) electrons. The minimum atomic E-state index is -0.527. The molecular weight excluding hydrogens is 260 g/mol. The van der Waals surface area contributed by atoms with Gasteiger partial charge in [-0.25, -0.2) is 9.78 Å². The molecule has 2 rings (SSSR count). The standard InChI is InChI=1S/C13H18N4O3/c1-3-10-12(18)15-6-7-17(10)11-8(14)4-5-9(16-11)13(19)20-2/h4-5,10H,3,6-7,14H2,1-2H3,(H,15,18). The van der Waals surface area contributed by atoms with Crippen molar-refractivity contribution in [3.63, 3.8) is 0 Å². The minimum Gasteiger partial charge on any atom is -0.464 e. The Morgan fingerprint density at radius 1 is 1.60 bits per heavy atom. The predicted octanol–water partition coefficient (Wildman–Crippen LogP) is 0.165. The summed E-state index contributed by atoms with van der Waals surface area (Å²) in [5, 5.41) is 2.81. The molecule has 1 aromatic heterocycles. The first-order valence-corrected chi connectivity index (χ1v) is 6.47. The third-order valence-corrected chi connectivity index (χ3v) is 3.29. The van der Waals surface area contributed by atoms with E-state index in [4.69, 9.17) is 5.73 Å². The number of hydrogen-bond acceptors (Lipinski definition) is 6. The summed E-state index contributed by atoms with van der Waals surface area (Å²) < 4.78 is 4.65. The molecule has 1 aliphatic rings. The second-order valence-electron chi connectivity index (χ2n) is 4.51. The predicted molar refractivity (Wildman–Crippen MR) is 74.4 cm³/mol. The fourth-order valence-electron chi connectivity index (χ4n) is 2.28. The highest BCUT2D eigenvalue weighted by molar-refractivity contribution is 5.90. The van der Waals surface area contributed by atoms with Gasteiger partial charge in [0.15, 0.2) is 11.5 Å². The van der Waals surface area contributed by atoms with Crippen molar-refractivity contribution >= 4 is 23.4 Å². The van der Waals surface area contributed by atoms with E-state index < -0.39 is 5.97 Å². The van der Waals surface area contributed by atoms with E-state index in [1.165, 1.54) is 13.2 Å². The Balaban J connectivity index is 2.39. The number of carbonyl (C=O) groups excluding carboxylic acids is 2. The molecule has 2 heterocycles. The molecular formula is C13H18N4O3. The van der Waals surface area contributed by atoms with Crippen LogP contribution >= 0.6 is 0 Å². The first-order valence-electron chi connectivity index (χ1n) is 6.47. The molecule has 1 atom stereocenters. The fraction of sp³-hybridized carbons (Fsp3) is 0.462. The summed E-state index contributed by atoms with van der Waals surface area (Å²) in [6.45, 7) is 3.05. The molecule has 1 unspecified atom stereocenters. The summed E-state index contributed by atoms with van der Waals surface area (Å²) in [5.41, 5.74) is 6.55. The van der Waals surface area contributed by atoms with Crippen LogP contribution in [-0.2, 0) is 9.53 Å². The van der Waals surface area contributed by atoms with Gasteiger partial charge in [0.1, 0.15) is 6.04 Å². The molecule has 1 saturated heterocycles. The Hall–Kier alpha value is -2.31. The van der Waals surface area contributed by atoms with Crippen molar-refractivity contribution < 1.29 is 14.3 Å². The molecule has 1 fully saturated rings. The molecule has 20 heavy (non-hydrogen) atoms. The zero-order valence-corrected chi connectivity index (χ0v) is 11.5. The molecule has 1 amide bonds. The number of carbonyl (C=O) groups is 2. The number of piperazine rings is 1. The number of esters is 1. The van der Waals surface area contributed by atoms with Crippen LogP contribution in [0.4, 0.5) is 11.5 Å². The molecule has 0 saturated carbocycles. The Morgan fingerprint density at radius 3 is 3.00 bits per heavy atom. The fourth-order valence-corrected chi connectivity index (χ4v) is 2.28. The quantitative estimate of drug-likeness (QED) is 0.765. The number of anilines is 2. The van der Waals surface area contributed by atoms with Gasteiger partial charge in [0, 0.05) is 13.1 Å². The summed E-state index contributed by atoms with van der Waals surface area (Å²) in [4.78, 5) is 29.5. The molecule has 1 aliphatic heterocycles. The number of nitrogens with two attached hydrogens (primary N) is 1. The number of hydrogen-bond donors (Lipinski definition) is 2. The minimum absolute atomic E-state index is 0.0524. The number of methoxy groups -OCH3 is 1. The molecule has 1 aromatic rings. The highest BCUT2D eigenvalue weighted by Gasteiger charge is 2.30. The topological polar surface area (TPSA) is 97.5 Å². The molecule has 0 aromatic carbocycles. The van der Waals surface area contributed by atoms with Crippen molar-refractivity contribution in [2.75, 3.05) is 30.8 Å². The monoisotopic (exact) mass is 278 g/mol. The van der Waals surface area contributed by atoms with Gasteiger partial charge in [0.2, 0.25) is 5.91 Å². The van der Waals surface area contributed by atoms with Gasteiger partial charge in [-0.05, 0) is 18.6 Å². The number of pyridine rings is 1. The summed E-state index contributed by atoms with van der Waals surface area (Å²) in [6, 6.07) is 2.79. The van der Waals surface area contributed by atoms with Crippen molar-refractivity contribution in [3.05, 3.63) is 17.8 Å². The van der Waals surface area contributed by atoms with Crippen molar-refractivity contribution in [2.24, 2.45) is 0 Å². The average Bonchev–Trinajstić information content (AvgIpc) is 2.46. The van der Waals surface area contributed by atoms with E-state index in [0.29, 0.717) is 31.0 Å². The average molecular weight is 278 g/mol. The second-order valence-corrected chi connectivity index (χ2v) is 4.51. The van der Waals surface area contributed by atoms with E-state index in [2.05, 4.69) is 15.0 Å². The smallest absolute Gasteiger partial charge is 0.356 e. The Labute approximate surface area is 117 Å². The Morgan fingerprint density at radius 2 is 2.35 bits per heavy atom. The SMILES string of the molecule is CCC1C(=O)NCCN1c1nc(C(=O)OC)ccc1N. The summed E-state index contributed by atoms with van der Waals surface area (Å²) in [7, 11) is 1.29. The van der Waals surface area contributed by atoms with Gasteiger partial charge >= 0.3 is 5.97 Å². The van der Waals surface area contributed by atoms with Crippen LogP contribution in [0, 0.1) is 0 Å². The lowest BCUT2D eigenvalue weighted by molar-refractivity contribution is -0.123. The molecule has 0 bridgehead atoms. The number of aromatic nitrogens is 1. The number of nitrogen functional groups attached to an aromatic ring is 1. The zero-order valence-electron chi connectivity index (χ0n) is 11.5. The van der Waals surface area contributed by atoms with Crippen molar-refractivity contribution in [1.82, 2.24) is 10.3 Å². The lowest BCUT2D eigenvalue weighted by atomic mass is 10.1. The maximum atomic E-state index is 11.9. The zero-order chi connectivity index (χ0) is 14.7. The highest BCUT2D eigenvalue weighted by atomic mass is 16.5. The second kappa shape index (κ2) is 5.77. The van der Waals surface area contributed by atoms with Crippen LogP contribution in [0.15, 0.2) is 12.1 Å². The van der Waals surface area contributed by atoms with E-state index in [1.807, 2.05) is 11.8 Å². The number of nitrogens with zero attached hydrogens (tertiary/aromatic N) is 2. The molecule has 0 aliphatic carbocycles. The van der Waals surface area contributed by atoms with Gasteiger partial charge in [-0.1, -0.05) is 6.92 Å². The van der Waals surface area contributed by atoms with Crippen molar-refractivity contribution in [2.45, 2.75) is 19.4 Å². The summed E-state index contributed by atoms with van der Waals surface area (Å²) in [6.07, 6.45) is 0.634. The molecule has 108 valence electrons. The normalized spacial score (nSPS) is 18.6. The third-order valence-electron chi connectivity index (χ3n) is 3.29. The molecule has 7 nitrogen and oxygen atoms in total. The Kier molecular flexibility index (Phi) is 4.07. The summed E-state index contributed by atoms with van der Waals surface area (Å²) >= 11 is 0. The van der Waals surface area contributed by atoms with Crippen LogP contribution in [0.5, 0.6) is 0 Å². The number of amides is 1. The first kappa shape index (κ1) is 14.1. The van der Waals surface area contributed by atoms with Gasteiger partial charge in [-0.2, -0.15) is 0 Å². The van der Waals surface area contributed by atoms with Gasteiger partial charge < -0.3 is 20.7 Å². The Bertz CT molecular complexity index is 532. The van der Waals surface area contributed by atoms with Crippen LogP contribution in [0.25, 0.3) is 0 Å². The number of ether oxygens (including phenoxy) is 1. The van der Waals surface area contributed by atoms with Gasteiger partial charge in [0.25, 0.3) is 0 Å². The number of rotatable bonds is 3.